The lowest BCUT2D eigenvalue weighted by molar-refractivity contribution is -0.171. The molecular formula is C16H18O11. The fourth-order valence-electron chi connectivity index (χ4n) is 1.69. The fraction of sp³-hybridized carbons (Fsp3) is 0.312. The Bertz CT molecular complexity index is 672. The molecule has 1 aromatic carbocycles. The molecule has 27 heavy (non-hydrogen) atoms. The van der Waals surface area contributed by atoms with Gasteiger partial charge in [0.1, 0.15) is 0 Å². The van der Waals surface area contributed by atoms with E-state index in [2.05, 4.69) is 9.47 Å². The number of aromatic carboxylic acids is 2. The third-order valence-electron chi connectivity index (χ3n) is 3.11. The molecule has 0 unspecified atom stereocenters. The fourth-order valence-corrected chi connectivity index (χ4v) is 1.69. The topological polar surface area (TPSA) is 185 Å². The van der Waals surface area contributed by atoms with Crippen molar-refractivity contribution >= 4 is 29.8 Å². The Labute approximate surface area is 152 Å². The molecule has 0 amide bonds. The number of carboxylic acids is 3. The van der Waals surface area contributed by atoms with E-state index in [0.29, 0.717) is 0 Å². The second kappa shape index (κ2) is 10.5. The first kappa shape index (κ1) is 23.5. The number of benzene rings is 1. The Kier molecular flexibility index (Phi) is 9.16. The van der Waals surface area contributed by atoms with E-state index in [4.69, 9.17) is 15.3 Å². The summed E-state index contributed by atoms with van der Waals surface area (Å²) in [6.07, 6.45) is -1.62. The highest BCUT2D eigenvalue weighted by Crippen LogP contribution is 2.17. The van der Waals surface area contributed by atoms with Crippen LogP contribution in [-0.4, -0.2) is 70.1 Å². The minimum Gasteiger partial charge on any atom is -0.479 e. The molecule has 1 rings (SSSR count). The monoisotopic (exact) mass is 386 g/mol. The van der Waals surface area contributed by atoms with Gasteiger partial charge in [-0.1, -0.05) is 12.1 Å². The second-order valence-electron chi connectivity index (χ2n) is 5.00. The van der Waals surface area contributed by atoms with Gasteiger partial charge in [0, 0.05) is 0 Å². The van der Waals surface area contributed by atoms with E-state index in [1.165, 1.54) is 24.3 Å². The number of carbonyl (C=O) groups excluding carboxylic acids is 2. The number of hydrogen-bond acceptors (Lipinski definition) is 8. The molecule has 0 saturated heterocycles. The van der Waals surface area contributed by atoms with Gasteiger partial charge in [0.2, 0.25) is 0 Å². The zero-order valence-corrected chi connectivity index (χ0v) is 14.4. The highest BCUT2D eigenvalue weighted by molar-refractivity contribution is 6.01. The SMILES string of the molecule is COC(=O)CC(O)(CC(=O)OC)C(=O)O.O=C(O)c1ccccc1C(=O)O. The van der Waals surface area contributed by atoms with E-state index >= 15 is 0 Å². The maximum Gasteiger partial charge on any atom is 0.336 e. The minimum absolute atomic E-state index is 0.190. The first-order valence-corrected chi connectivity index (χ1v) is 7.13. The Morgan fingerprint density at radius 1 is 0.815 bits per heavy atom. The van der Waals surface area contributed by atoms with Gasteiger partial charge in [-0.15, -0.1) is 0 Å². The van der Waals surface area contributed by atoms with Crippen LogP contribution in [0.1, 0.15) is 33.6 Å². The van der Waals surface area contributed by atoms with Crippen LogP contribution in [0, 0.1) is 0 Å². The van der Waals surface area contributed by atoms with Gasteiger partial charge in [0.05, 0.1) is 38.2 Å². The van der Waals surface area contributed by atoms with Crippen LogP contribution in [0.2, 0.25) is 0 Å². The number of aliphatic carboxylic acids is 1. The van der Waals surface area contributed by atoms with Crippen molar-refractivity contribution in [2.75, 3.05) is 14.2 Å². The summed E-state index contributed by atoms with van der Waals surface area (Å²) < 4.78 is 8.39. The third-order valence-corrected chi connectivity index (χ3v) is 3.11. The van der Waals surface area contributed by atoms with Gasteiger partial charge in [-0.3, -0.25) is 9.59 Å². The molecule has 0 bridgehead atoms. The molecule has 0 spiro atoms. The van der Waals surface area contributed by atoms with Crippen LogP contribution < -0.4 is 0 Å². The van der Waals surface area contributed by atoms with E-state index in [9.17, 15) is 29.1 Å². The van der Waals surface area contributed by atoms with Gasteiger partial charge in [-0.2, -0.15) is 0 Å². The first-order valence-electron chi connectivity index (χ1n) is 7.13. The summed E-state index contributed by atoms with van der Waals surface area (Å²) in [4.78, 5) is 53.2. The quantitative estimate of drug-likeness (QED) is 0.463. The van der Waals surface area contributed by atoms with Crippen LogP contribution in [0.4, 0.5) is 0 Å². The number of esters is 2. The minimum atomic E-state index is -2.49. The number of methoxy groups -OCH3 is 2. The van der Waals surface area contributed by atoms with E-state index in [1.54, 1.807) is 0 Å². The second-order valence-corrected chi connectivity index (χ2v) is 5.00. The van der Waals surface area contributed by atoms with Crippen molar-refractivity contribution in [2.24, 2.45) is 0 Å². The van der Waals surface area contributed by atoms with E-state index in [1.807, 2.05) is 0 Å². The summed E-state index contributed by atoms with van der Waals surface area (Å²) in [5.74, 6) is -5.99. The van der Waals surface area contributed by atoms with Crippen LogP contribution in [-0.2, 0) is 23.9 Å². The molecule has 0 aromatic heterocycles. The van der Waals surface area contributed by atoms with Gasteiger partial charge >= 0.3 is 29.8 Å². The Balaban J connectivity index is 0.000000511. The summed E-state index contributed by atoms with van der Waals surface area (Å²) >= 11 is 0. The van der Waals surface area contributed by atoms with Crippen molar-refractivity contribution in [3.63, 3.8) is 0 Å². The zero-order valence-electron chi connectivity index (χ0n) is 14.4. The predicted molar refractivity (Wildman–Crippen MR) is 86.2 cm³/mol. The molecular weight excluding hydrogens is 368 g/mol. The predicted octanol–water partition coefficient (Wildman–Crippen LogP) is 0.0113. The number of carbonyl (C=O) groups is 5. The van der Waals surface area contributed by atoms with Crippen LogP contribution in [0.15, 0.2) is 24.3 Å². The number of ether oxygens (including phenoxy) is 2. The number of rotatable bonds is 7. The molecule has 1 aromatic rings. The van der Waals surface area contributed by atoms with Crippen LogP contribution in [0.3, 0.4) is 0 Å². The molecule has 0 saturated carbocycles. The van der Waals surface area contributed by atoms with E-state index in [-0.39, 0.29) is 11.1 Å². The molecule has 0 aliphatic heterocycles. The van der Waals surface area contributed by atoms with Gasteiger partial charge in [0.25, 0.3) is 0 Å². The summed E-state index contributed by atoms with van der Waals surface area (Å²) in [6, 6.07) is 5.48. The van der Waals surface area contributed by atoms with Crippen molar-refractivity contribution in [1.29, 1.82) is 0 Å². The van der Waals surface area contributed by atoms with Crippen molar-refractivity contribution < 1.29 is 53.9 Å². The van der Waals surface area contributed by atoms with E-state index < -0.39 is 48.3 Å². The maximum absolute atomic E-state index is 10.8. The highest BCUT2D eigenvalue weighted by atomic mass is 16.5. The third kappa shape index (κ3) is 7.52. The number of hydrogen-bond donors (Lipinski definition) is 4. The number of aliphatic hydroxyl groups is 1. The molecule has 11 nitrogen and oxygen atoms in total. The Hall–Kier alpha value is -3.47. The van der Waals surface area contributed by atoms with Crippen molar-refractivity contribution in [2.45, 2.75) is 18.4 Å². The van der Waals surface area contributed by atoms with Crippen LogP contribution in [0.25, 0.3) is 0 Å². The highest BCUT2D eigenvalue weighted by Gasteiger charge is 2.41. The van der Waals surface area contributed by atoms with Gasteiger partial charge < -0.3 is 29.9 Å². The molecule has 0 fully saturated rings. The average Bonchev–Trinajstić information content (AvgIpc) is 2.61. The van der Waals surface area contributed by atoms with Gasteiger partial charge in [0.15, 0.2) is 5.60 Å². The van der Waals surface area contributed by atoms with Crippen molar-refractivity contribution in [3.8, 4) is 0 Å². The van der Waals surface area contributed by atoms with Gasteiger partial charge in [-0.25, -0.2) is 14.4 Å². The lowest BCUT2D eigenvalue weighted by Gasteiger charge is -2.20. The molecule has 11 heteroatoms. The average molecular weight is 386 g/mol. The summed E-state index contributed by atoms with van der Waals surface area (Å²) in [7, 11) is 2.09. The molecule has 0 heterocycles. The number of carboxylic acid groups (broad SMARTS) is 3. The molecule has 0 radical (unpaired) electrons. The van der Waals surface area contributed by atoms with E-state index in [0.717, 1.165) is 14.2 Å². The lowest BCUT2D eigenvalue weighted by Crippen LogP contribution is -2.43. The molecule has 0 aliphatic carbocycles. The van der Waals surface area contributed by atoms with Crippen LogP contribution >= 0.6 is 0 Å². The first-order chi connectivity index (χ1) is 12.5. The smallest absolute Gasteiger partial charge is 0.336 e. The molecule has 0 aliphatic rings. The van der Waals surface area contributed by atoms with Crippen molar-refractivity contribution in [1.82, 2.24) is 0 Å². The molecule has 0 atom stereocenters. The normalized spacial score (nSPS) is 10.0. The molecule has 4 N–H and O–H groups in total. The maximum atomic E-state index is 10.8. The zero-order chi connectivity index (χ0) is 21.2. The van der Waals surface area contributed by atoms with Crippen molar-refractivity contribution in [3.05, 3.63) is 35.4 Å². The Morgan fingerprint density at radius 3 is 1.37 bits per heavy atom. The standard InChI is InChI=1S/C8H12O7.C8H6O4/c1-14-5(9)3-8(13,7(11)12)4-6(10)15-2;9-7(10)5-3-1-2-4-6(5)8(11)12/h13H,3-4H2,1-2H3,(H,11,12);1-4H,(H,9,10)(H,11,12). The summed E-state index contributed by atoms with van der Waals surface area (Å²) in [5, 5.41) is 35.2. The van der Waals surface area contributed by atoms with Gasteiger partial charge in [-0.05, 0) is 12.1 Å². The molecule has 148 valence electrons. The lowest BCUT2D eigenvalue weighted by atomic mass is 9.96. The largest absolute Gasteiger partial charge is 0.479 e. The Morgan fingerprint density at radius 2 is 1.15 bits per heavy atom. The summed E-state index contributed by atoms with van der Waals surface area (Å²) in [6.45, 7) is 0. The summed E-state index contributed by atoms with van der Waals surface area (Å²) in [5.41, 5.74) is -2.87. The van der Waals surface area contributed by atoms with Crippen LogP contribution in [0.5, 0.6) is 0 Å².